The maximum Gasteiger partial charge on any atom is 0.315 e. The summed E-state index contributed by atoms with van der Waals surface area (Å²) in [7, 11) is 3.12. The molecule has 14 nitrogen and oxygen atoms in total. The summed E-state index contributed by atoms with van der Waals surface area (Å²) in [5.74, 6) is -5.23. The maximum absolute atomic E-state index is 14.4. The summed E-state index contributed by atoms with van der Waals surface area (Å²) in [4.78, 5) is 97.3. The number of hydrogen-bond donors (Lipinski definition) is 5. The van der Waals surface area contributed by atoms with Crippen LogP contribution in [0.4, 0.5) is 4.79 Å². The van der Waals surface area contributed by atoms with Crippen molar-refractivity contribution < 1.29 is 33.6 Å². The number of likely N-dealkylation sites (N-methyl/N-ethyl adjacent to an activating group) is 1. The fraction of sp³-hybridized carbons (Fsp3) is 0.667. The largest absolute Gasteiger partial charge is 0.347 e. The molecule has 5 rings (SSSR count). The molecule has 0 aromatic heterocycles. The average molecular weight is 805 g/mol. The van der Waals surface area contributed by atoms with Crippen molar-refractivity contribution in [3.8, 4) is 0 Å². The number of nitrogens with one attached hydrogen (secondary N) is 5. The van der Waals surface area contributed by atoms with Crippen LogP contribution < -0.4 is 26.6 Å². The molecule has 3 saturated carbocycles. The highest BCUT2D eigenvalue weighted by Crippen LogP contribution is 2.65. The van der Waals surface area contributed by atoms with Crippen LogP contribution in [0.1, 0.15) is 90.2 Å². The van der Waals surface area contributed by atoms with Crippen LogP contribution in [0.5, 0.6) is 0 Å². The van der Waals surface area contributed by atoms with Gasteiger partial charge in [0.2, 0.25) is 29.4 Å². The Morgan fingerprint density at radius 2 is 1.55 bits per heavy atom. The SMILES string of the molecule is CN(C)C(=O)[C@@H](NC(=O)CNC(=O)C(=O)C(CC1CCC1)NC(=O)[C@@H]1[C@@H]2[C@H](CN1C(=O)[C@@H](NC(=O)NC(C)(C)C)C1CCCCC1)C2(Cl)Cl)c1ccccc1. The molecular formula is C39H55Cl2N7O7. The Bertz CT molecular complexity index is 1630. The summed E-state index contributed by atoms with van der Waals surface area (Å²) in [6, 6.07) is 3.86. The van der Waals surface area contributed by atoms with E-state index in [1.54, 1.807) is 44.4 Å². The van der Waals surface area contributed by atoms with E-state index in [1.807, 2.05) is 20.8 Å². The number of urea groups is 1. The van der Waals surface area contributed by atoms with Crippen molar-refractivity contribution in [2.24, 2.45) is 23.7 Å². The Morgan fingerprint density at radius 3 is 2.13 bits per heavy atom. The van der Waals surface area contributed by atoms with Gasteiger partial charge in [0.25, 0.3) is 5.91 Å². The second kappa shape index (κ2) is 17.5. The third-order valence-corrected chi connectivity index (χ3v) is 12.3. The van der Waals surface area contributed by atoms with Gasteiger partial charge >= 0.3 is 6.03 Å². The first-order chi connectivity index (χ1) is 25.9. The number of likely N-dealkylation sites (tertiary alicyclic amines) is 1. The molecule has 1 aliphatic heterocycles. The molecule has 1 heterocycles. The molecule has 0 radical (unpaired) electrons. The van der Waals surface area contributed by atoms with Gasteiger partial charge in [-0.1, -0.05) is 68.9 Å². The molecule has 1 aromatic rings. The summed E-state index contributed by atoms with van der Waals surface area (Å²) >= 11 is 13.3. The van der Waals surface area contributed by atoms with E-state index in [1.165, 1.54) is 9.80 Å². The lowest BCUT2D eigenvalue weighted by Crippen LogP contribution is -2.61. The first kappa shape index (κ1) is 42.2. The monoisotopic (exact) mass is 803 g/mol. The predicted molar refractivity (Wildman–Crippen MR) is 207 cm³/mol. The molecule has 5 N–H and O–H groups in total. The Morgan fingerprint density at radius 1 is 0.891 bits per heavy atom. The summed E-state index contributed by atoms with van der Waals surface area (Å²) < 4.78 is -1.26. The molecule has 7 amide bonds. The van der Waals surface area contributed by atoms with E-state index in [2.05, 4.69) is 26.6 Å². The Kier molecular flexibility index (Phi) is 13.4. The van der Waals surface area contributed by atoms with Gasteiger partial charge in [0.15, 0.2) is 0 Å². The smallest absolute Gasteiger partial charge is 0.315 e. The number of nitrogens with zero attached hydrogens (tertiary/aromatic N) is 2. The number of rotatable bonds is 14. The number of hydrogen-bond acceptors (Lipinski definition) is 7. The van der Waals surface area contributed by atoms with Crippen molar-refractivity contribution in [2.75, 3.05) is 27.2 Å². The van der Waals surface area contributed by atoms with Gasteiger partial charge in [0, 0.05) is 38.0 Å². The van der Waals surface area contributed by atoms with Gasteiger partial charge < -0.3 is 36.4 Å². The quantitative estimate of drug-likeness (QED) is 0.141. The third kappa shape index (κ3) is 10.3. The van der Waals surface area contributed by atoms with Crippen LogP contribution in [0.3, 0.4) is 0 Å². The van der Waals surface area contributed by atoms with Crippen LogP contribution in [-0.4, -0.2) is 106 Å². The normalized spacial score (nSPS) is 23.5. The van der Waals surface area contributed by atoms with E-state index in [-0.39, 0.29) is 30.7 Å². The van der Waals surface area contributed by atoms with E-state index in [0.29, 0.717) is 5.56 Å². The fourth-order valence-corrected chi connectivity index (χ4v) is 8.86. The number of amides is 7. The van der Waals surface area contributed by atoms with Gasteiger partial charge in [-0.2, -0.15) is 0 Å². The van der Waals surface area contributed by atoms with Crippen molar-refractivity contribution in [1.29, 1.82) is 0 Å². The molecule has 4 fully saturated rings. The summed E-state index contributed by atoms with van der Waals surface area (Å²) in [5.41, 5.74) is -0.00320. The maximum atomic E-state index is 14.4. The van der Waals surface area contributed by atoms with Gasteiger partial charge in [-0.15, -0.1) is 23.2 Å². The number of piperidine rings is 1. The molecule has 55 heavy (non-hydrogen) atoms. The standard InChI is InChI=1S/C39H55Cl2N7O7/c1-38(2,3)46-37(55)45-30(24-17-10-7-11-18-24)36(54)48-21-25-28(39(25,40)41)31(48)33(51)43-26(19-22-13-12-14-22)32(50)34(52)42-20-27(49)44-29(35(53)47(4)5)23-15-8-6-9-16-23/h6,8-9,15-16,22,24-26,28-31H,7,10-14,17-21H2,1-5H3,(H,42,52)(H,43,51)(H,44,49)(H2,45,46,55)/t25-,26?,28-,29-,30-,31-/m0/s1. The van der Waals surface area contributed by atoms with E-state index >= 15 is 0 Å². The first-order valence-electron chi connectivity index (χ1n) is 19.3. The van der Waals surface area contributed by atoms with Crippen LogP contribution in [0, 0.1) is 23.7 Å². The van der Waals surface area contributed by atoms with E-state index in [0.717, 1.165) is 51.4 Å². The lowest BCUT2D eigenvalue weighted by molar-refractivity contribution is -0.144. The van der Waals surface area contributed by atoms with Crippen LogP contribution >= 0.6 is 23.2 Å². The molecule has 1 unspecified atom stereocenters. The number of halogens is 2. The average Bonchev–Trinajstić information content (AvgIpc) is 3.41. The van der Waals surface area contributed by atoms with Gasteiger partial charge in [0.05, 0.1) is 12.6 Å². The molecule has 1 aromatic carbocycles. The second-order valence-electron chi connectivity index (χ2n) is 16.8. The van der Waals surface area contributed by atoms with E-state index in [4.69, 9.17) is 23.2 Å². The topological polar surface area (TPSA) is 186 Å². The Hall–Kier alpha value is -3.91. The lowest BCUT2D eigenvalue weighted by atomic mass is 9.80. The van der Waals surface area contributed by atoms with Gasteiger partial charge in [-0.05, 0) is 57.4 Å². The molecule has 3 aliphatic carbocycles. The van der Waals surface area contributed by atoms with Crippen molar-refractivity contribution in [3.63, 3.8) is 0 Å². The zero-order chi connectivity index (χ0) is 40.2. The highest BCUT2D eigenvalue weighted by atomic mass is 35.5. The molecule has 6 atom stereocenters. The first-order valence-corrected chi connectivity index (χ1v) is 20.1. The zero-order valence-electron chi connectivity index (χ0n) is 32.3. The van der Waals surface area contributed by atoms with Crippen molar-refractivity contribution in [2.45, 2.75) is 113 Å². The number of Topliss-reactive ketones (excluding diaryl/α,β-unsaturated/α-hetero) is 1. The van der Waals surface area contributed by atoms with Gasteiger partial charge in [0.1, 0.15) is 22.5 Å². The van der Waals surface area contributed by atoms with Gasteiger partial charge in [-0.3, -0.25) is 28.8 Å². The summed E-state index contributed by atoms with van der Waals surface area (Å²) in [5, 5.41) is 13.5. The minimum atomic E-state index is -1.26. The van der Waals surface area contributed by atoms with Crippen LogP contribution in [0.25, 0.3) is 0 Å². The second-order valence-corrected chi connectivity index (χ2v) is 18.2. The summed E-state index contributed by atoms with van der Waals surface area (Å²) in [6.45, 7) is 5.02. The van der Waals surface area contributed by atoms with Gasteiger partial charge in [-0.25, -0.2) is 4.79 Å². The number of ketones is 1. The Balaban J connectivity index is 1.29. The molecule has 302 valence electrons. The number of carbonyl (C=O) groups is 7. The molecule has 16 heteroatoms. The van der Waals surface area contributed by atoms with E-state index < -0.39 is 87.9 Å². The Labute approximate surface area is 332 Å². The number of alkyl halides is 2. The predicted octanol–water partition coefficient (Wildman–Crippen LogP) is 2.97. The van der Waals surface area contributed by atoms with Crippen molar-refractivity contribution >= 4 is 64.6 Å². The highest BCUT2D eigenvalue weighted by Gasteiger charge is 2.74. The molecule has 0 bridgehead atoms. The number of carbonyl (C=O) groups excluding carboxylic acids is 7. The molecular weight excluding hydrogens is 749 g/mol. The van der Waals surface area contributed by atoms with Crippen molar-refractivity contribution in [3.05, 3.63) is 35.9 Å². The number of fused-ring (bicyclic) bond motifs is 1. The zero-order valence-corrected chi connectivity index (χ0v) is 33.8. The highest BCUT2D eigenvalue weighted by molar-refractivity contribution is 6.51. The molecule has 4 aliphatic rings. The molecule has 1 saturated heterocycles. The van der Waals surface area contributed by atoms with Crippen LogP contribution in [-0.2, 0) is 28.8 Å². The number of benzene rings is 1. The summed E-state index contributed by atoms with van der Waals surface area (Å²) in [6.07, 6.45) is 7.12. The van der Waals surface area contributed by atoms with Crippen LogP contribution in [0.2, 0.25) is 0 Å². The lowest BCUT2D eigenvalue weighted by Gasteiger charge is -2.37. The fourth-order valence-electron chi connectivity index (χ4n) is 8.04. The van der Waals surface area contributed by atoms with Crippen LogP contribution in [0.15, 0.2) is 30.3 Å². The third-order valence-electron chi connectivity index (χ3n) is 11.2. The minimum Gasteiger partial charge on any atom is -0.347 e. The molecule has 0 spiro atoms. The van der Waals surface area contributed by atoms with Crippen molar-refractivity contribution in [1.82, 2.24) is 36.4 Å². The minimum absolute atomic E-state index is 0.0883. The van der Waals surface area contributed by atoms with E-state index in [9.17, 15) is 33.6 Å².